The number of ether oxygens (including phenoxy) is 1. The van der Waals surface area contributed by atoms with Crippen molar-refractivity contribution < 1.29 is 19.4 Å². The van der Waals surface area contributed by atoms with Crippen LogP contribution in [-0.4, -0.2) is 23.6 Å². The van der Waals surface area contributed by atoms with Crippen LogP contribution in [0.5, 0.6) is 5.75 Å². The lowest BCUT2D eigenvalue weighted by molar-refractivity contribution is -0.139. The molecule has 1 aromatic heterocycles. The molecule has 1 heterocycles. The third-order valence-electron chi connectivity index (χ3n) is 4.41. The standard InChI is InChI=1S/C21H17N3O4S/c22-10-14(8-13-4-3-5-15(9-13)28-12-19(25)26)20(27)24-21-17(11-23)16-6-1-2-7-18(16)29-21/h3-5,8-9H,1-2,6-7,12H2,(H,24,27)(H,25,26)/b14-8+. The number of carbonyl (C=O) groups is 2. The van der Waals surface area contributed by atoms with E-state index >= 15 is 0 Å². The minimum atomic E-state index is -1.10. The van der Waals surface area contributed by atoms with E-state index < -0.39 is 18.5 Å². The summed E-state index contributed by atoms with van der Waals surface area (Å²) >= 11 is 1.39. The fourth-order valence-electron chi connectivity index (χ4n) is 3.10. The number of hydrogen-bond acceptors (Lipinski definition) is 6. The third kappa shape index (κ3) is 4.81. The molecule has 1 aliphatic carbocycles. The van der Waals surface area contributed by atoms with Gasteiger partial charge in [-0.3, -0.25) is 4.79 Å². The van der Waals surface area contributed by atoms with Crippen LogP contribution in [0.15, 0.2) is 29.8 Å². The number of thiophene rings is 1. The fourth-order valence-corrected chi connectivity index (χ4v) is 4.33. The van der Waals surface area contributed by atoms with Gasteiger partial charge in [0, 0.05) is 4.88 Å². The maximum Gasteiger partial charge on any atom is 0.341 e. The number of rotatable bonds is 6. The zero-order chi connectivity index (χ0) is 20.8. The molecule has 0 radical (unpaired) electrons. The van der Waals surface area contributed by atoms with Crippen LogP contribution in [0.1, 0.15) is 34.4 Å². The summed E-state index contributed by atoms with van der Waals surface area (Å²) < 4.78 is 5.11. The molecule has 0 bridgehead atoms. The Balaban J connectivity index is 1.81. The molecule has 0 saturated heterocycles. The van der Waals surface area contributed by atoms with Crippen LogP contribution in [-0.2, 0) is 22.4 Å². The number of benzene rings is 1. The zero-order valence-corrected chi connectivity index (χ0v) is 16.2. The molecule has 0 aliphatic heterocycles. The number of fused-ring (bicyclic) bond motifs is 1. The highest BCUT2D eigenvalue weighted by atomic mass is 32.1. The van der Waals surface area contributed by atoms with E-state index in [-0.39, 0.29) is 5.57 Å². The zero-order valence-electron chi connectivity index (χ0n) is 15.4. The second-order valence-corrected chi connectivity index (χ2v) is 7.51. The van der Waals surface area contributed by atoms with Crippen molar-refractivity contribution in [3.63, 3.8) is 0 Å². The second-order valence-electron chi connectivity index (χ2n) is 6.41. The van der Waals surface area contributed by atoms with Gasteiger partial charge in [0.15, 0.2) is 6.61 Å². The Kier molecular flexibility index (Phi) is 6.28. The molecule has 8 heteroatoms. The highest BCUT2D eigenvalue weighted by Gasteiger charge is 2.22. The van der Waals surface area contributed by atoms with Gasteiger partial charge >= 0.3 is 5.97 Å². The fraction of sp³-hybridized carbons (Fsp3) is 0.238. The number of carboxylic acid groups (broad SMARTS) is 1. The number of aliphatic carboxylic acids is 1. The van der Waals surface area contributed by atoms with Gasteiger partial charge in [-0.1, -0.05) is 12.1 Å². The molecule has 7 nitrogen and oxygen atoms in total. The van der Waals surface area contributed by atoms with Gasteiger partial charge in [-0.25, -0.2) is 4.79 Å². The molecule has 2 N–H and O–H groups in total. The number of hydrogen-bond donors (Lipinski definition) is 2. The van der Waals surface area contributed by atoms with Gasteiger partial charge in [0.2, 0.25) is 0 Å². The van der Waals surface area contributed by atoms with Gasteiger partial charge in [0.1, 0.15) is 28.5 Å². The Hall–Kier alpha value is -3.62. The summed E-state index contributed by atoms with van der Waals surface area (Å²) in [6.45, 7) is -0.487. The Labute approximate surface area is 171 Å². The lowest BCUT2D eigenvalue weighted by Crippen LogP contribution is -2.13. The van der Waals surface area contributed by atoms with Crippen LogP contribution < -0.4 is 10.1 Å². The van der Waals surface area contributed by atoms with Crippen LogP contribution in [0, 0.1) is 22.7 Å². The van der Waals surface area contributed by atoms with Crippen molar-refractivity contribution in [1.29, 1.82) is 10.5 Å². The quantitative estimate of drug-likeness (QED) is 0.558. The van der Waals surface area contributed by atoms with Crippen LogP contribution >= 0.6 is 11.3 Å². The van der Waals surface area contributed by atoms with Crippen molar-refractivity contribution in [3.8, 4) is 17.9 Å². The van der Waals surface area contributed by atoms with Crippen molar-refractivity contribution in [1.82, 2.24) is 0 Å². The van der Waals surface area contributed by atoms with Crippen molar-refractivity contribution in [2.24, 2.45) is 0 Å². The largest absolute Gasteiger partial charge is 0.482 e. The molecule has 146 valence electrons. The van der Waals surface area contributed by atoms with Crippen LogP contribution in [0.4, 0.5) is 5.00 Å². The molecule has 1 aromatic carbocycles. The van der Waals surface area contributed by atoms with E-state index in [9.17, 15) is 20.1 Å². The first-order valence-corrected chi connectivity index (χ1v) is 9.76. The highest BCUT2D eigenvalue weighted by molar-refractivity contribution is 7.16. The number of carboxylic acids is 1. The number of nitriles is 2. The van der Waals surface area contributed by atoms with E-state index in [4.69, 9.17) is 9.84 Å². The third-order valence-corrected chi connectivity index (χ3v) is 5.61. The van der Waals surface area contributed by atoms with Crippen LogP contribution in [0.2, 0.25) is 0 Å². The molecule has 1 aliphatic rings. The Bertz CT molecular complexity index is 1070. The Morgan fingerprint density at radius 2 is 2.07 bits per heavy atom. The minimum absolute atomic E-state index is 0.129. The average Bonchev–Trinajstić information content (AvgIpc) is 3.07. The maximum atomic E-state index is 12.6. The first-order chi connectivity index (χ1) is 14.0. The van der Waals surface area contributed by atoms with Crippen molar-refractivity contribution in [3.05, 3.63) is 51.4 Å². The van der Waals surface area contributed by atoms with Gasteiger partial charge in [0.05, 0.1) is 5.56 Å². The minimum Gasteiger partial charge on any atom is -0.482 e. The van der Waals surface area contributed by atoms with Crippen LogP contribution in [0.25, 0.3) is 6.08 Å². The Morgan fingerprint density at radius 3 is 2.79 bits per heavy atom. The summed E-state index contributed by atoms with van der Waals surface area (Å²) in [5, 5.41) is 30.8. The van der Waals surface area contributed by atoms with E-state index in [2.05, 4.69) is 11.4 Å². The van der Waals surface area contributed by atoms with Gasteiger partial charge in [-0.2, -0.15) is 10.5 Å². The van der Waals surface area contributed by atoms with E-state index in [1.165, 1.54) is 23.5 Å². The summed E-state index contributed by atoms with van der Waals surface area (Å²) in [6.07, 6.45) is 5.21. The van der Waals surface area contributed by atoms with E-state index in [1.54, 1.807) is 18.2 Å². The predicted molar refractivity (Wildman–Crippen MR) is 107 cm³/mol. The number of nitrogens with zero attached hydrogens (tertiary/aromatic N) is 2. The number of nitrogens with one attached hydrogen (secondary N) is 1. The molecule has 29 heavy (non-hydrogen) atoms. The topological polar surface area (TPSA) is 123 Å². The maximum absolute atomic E-state index is 12.6. The van der Waals surface area contributed by atoms with E-state index in [0.717, 1.165) is 36.1 Å². The molecular formula is C21H17N3O4S. The average molecular weight is 407 g/mol. The summed E-state index contributed by atoms with van der Waals surface area (Å²) in [4.78, 5) is 24.3. The molecule has 0 spiro atoms. The summed E-state index contributed by atoms with van der Waals surface area (Å²) in [7, 11) is 0. The summed E-state index contributed by atoms with van der Waals surface area (Å²) in [5.41, 5.74) is 1.88. The van der Waals surface area contributed by atoms with E-state index in [0.29, 0.717) is 21.9 Å². The Morgan fingerprint density at radius 1 is 1.28 bits per heavy atom. The lowest BCUT2D eigenvalue weighted by atomic mass is 9.96. The number of carbonyl (C=O) groups excluding carboxylic acids is 1. The first-order valence-electron chi connectivity index (χ1n) is 8.94. The normalized spacial score (nSPS) is 13.0. The smallest absolute Gasteiger partial charge is 0.341 e. The predicted octanol–water partition coefficient (Wildman–Crippen LogP) is 3.51. The molecular weight excluding hydrogens is 390 g/mol. The van der Waals surface area contributed by atoms with Gasteiger partial charge < -0.3 is 15.2 Å². The lowest BCUT2D eigenvalue weighted by Gasteiger charge is -2.09. The number of amides is 1. The molecule has 1 amide bonds. The molecule has 3 rings (SSSR count). The number of aryl methyl sites for hydroxylation is 1. The van der Waals surface area contributed by atoms with Gasteiger partial charge in [0.25, 0.3) is 5.91 Å². The van der Waals surface area contributed by atoms with E-state index in [1.807, 2.05) is 6.07 Å². The molecule has 2 aromatic rings. The molecule has 0 unspecified atom stereocenters. The molecule has 0 saturated carbocycles. The molecule has 0 fully saturated rings. The highest BCUT2D eigenvalue weighted by Crippen LogP contribution is 2.37. The second kappa shape index (κ2) is 9.05. The van der Waals surface area contributed by atoms with Crippen LogP contribution in [0.3, 0.4) is 0 Å². The number of anilines is 1. The van der Waals surface area contributed by atoms with Crippen molar-refractivity contribution in [2.45, 2.75) is 25.7 Å². The monoisotopic (exact) mass is 407 g/mol. The van der Waals surface area contributed by atoms with Crippen molar-refractivity contribution >= 4 is 34.3 Å². The summed E-state index contributed by atoms with van der Waals surface area (Å²) in [6, 6.07) is 10.5. The SMILES string of the molecule is N#C/C(=C\c1cccc(OCC(=O)O)c1)C(=O)Nc1sc2c(c1C#N)CCCC2. The van der Waals surface area contributed by atoms with Gasteiger partial charge in [-0.15, -0.1) is 11.3 Å². The van der Waals surface area contributed by atoms with Gasteiger partial charge in [-0.05, 0) is 55.0 Å². The van der Waals surface area contributed by atoms with Crippen molar-refractivity contribution in [2.75, 3.05) is 11.9 Å². The molecule has 0 atom stereocenters. The summed E-state index contributed by atoms with van der Waals surface area (Å²) in [5.74, 6) is -1.38. The first kappa shape index (κ1) is 20.1.